The van der Waals surface area contributed by atoms with Gasteiger partial charge in [0.2, 0.25) is 0 Å². The lowest BCUT2D eigenvalue weighted by Crippen LogP contribution is -2.37. The standard InChI is InChI=1S/C23H48NO4P/c1-5-6-7-8-9-10-11-12-13-14-15-16-17-18-19-20-22-27-29(25,26)28-23-21-24(2,3)4/h17-18H,5-16,19-23H2,1-4H3/p+1. The zero-order valence-corrected chi connectivity index (χ0v) is 20.6. The molecule has 1 atom stereocenters. The number of likely N-dealkylation sites (N-methyl/N-ethyl adjacent to an activating group) is 1. The van der Waals surface area contributed by atoms with Gasteiger partial charge in [0, 0.05) is 0 Å². The van der Waals surface area contributed by atoms with Gasteiger partial charge in [-0.15, -0.1) is 0 Å². The number of unbranched alkanes of at least 4 members (excludes halogenated alkanes) is 12. The molecule has 0 saturated heterocycles. The van der Waals surface area contributed by atoms with Crippen LogP contribution in [0.3, 0.4) is 0 Å². The Morgan fingerprint density at radius 2 is 1.17 bits per heavy atom. The fourth-order valence-corrected chi connectivity index (χ4v) is 3.76. The number of quaternary nitrogens is 1. The first-order valence-electron chi connectivity index (χ1n) is 11.8. The Morgan fingerprint density at radius 1 is 0.724 bits per heavy atom. The summed E-state index contributed by atoms with van der Waals surface area (Å²) in [5, 5.41) is 0. The molecule has 6 heteroatoms. The van der Waals surface area contributed by atoms with Crippen molar-refractivity contribution in [2.75, 3.05) is 40.9 Å². The zero-order chi connectivity index (χ0) is 21.8. The second-order valence-electron chi connectivity index (χ2n) is 9.09. The molecule has 29 heavy (non-hydrogen) atoms. The van der Waals surface area contributed by atoms with Crippen LogP contribution in [0.1, 0.15) is 96.8 Å². The van der Waals surface area contributed by atoms with Gasteiger partial charge in [-0.05, 0) is 25.7 Å². The van der Waals surface area contributed by atoms with Crippen molar-refractivity contribution < 1.29 is 23.0 Å². The molecule has 0 fully saturated rings. The molecular formula is C23H49NO4P+. The normalized spacial score (nSPS) is 14.5. The predicted molar refractivity (Wildman–Crippen MR) is 124 cm³/mol. The van der Waals surface area contributed by atoms with Crippen LogP contribution < -0.4 is 0 Å². The highest BCUT2D eigenvalue weighted by molar-refractivity contribution is 7.47. The molecule has 0 aliphatic carbocycles. The smallest absolute Gasteiger partial charge is 0.329 e. The first-order valence-corrected chi connectivity index (χ1v) is 13.3. The Balaban J connectivity index is 3.38. The maximum absolute atomic E-state index is 11.7. The van der Waals surface area contributed by atoms with Crippen LogP contribution in [0.2, 0.25) is 0 Å². The van der Waals surface area contributed by atoms with Gasteiger partial charge in [0.05, 0.1) is 27.7 Å². The van der Waals surface area contributed by atoms with E-state index < -0.39 is 7.82 Å². The Hall–Kier alpha value is -0.190. The summed E-state index contributed by atoms with van der Waals surface area (Å²) in [6.07, 6.45) is 22.2. The predicted octanol–water partition coefficient (Wildman–Crippen LogP) is 6.86. The molecule has 1 unspecified atom stereocenters. The topological polar surface area (TPSA) is 55.8 Å². The molecule has 0 aromatic heterocycles. The maximum Gasteiger partial charge on any atom is 0.472 e. The van der Waals surface area contributed by atoms with Crippen LogP contribution in [0.25, 0.3) is 0 Å². The molecular weight excluding hydrogens is 385 g/mol. The lowest BCUT2D eigenvalue weighted by atomic mass is 10.1. The lowest BCUT2D eigenvalue weighted by Gasteiger charge is -2.23. The molecule has 0 aromatic rings. The number of phosphoric acid groups is 1. The molecule has 0 aromatic carbocycles. The van der Waals surface area contributed by atoms with E-state index in [9.17, 15) is 9.46 Å². The van der Waals surface area contributed by atoms with Gasteiger partial charge in [-0.3, -0.25) is 9.05 Å². The summed E-state index contributed by atoms with van der Waals surface area (Å²) in [4.78, 5) is 9.62. The zero-order valence-electron chi connectivity index (χ0n) is 19.7. The summed E-state index contributed by atoms with van der Waals surface area (Å²) < 4.78 is 22.4. The Labute approximate surface area is 181 Å². The molecule has 0 spiro atoms. The molecule has 0 aliphatic rings. The fraction of sp³-hybridized carbons (Fsp3) is 0.913. The molecule has 174 valence electrons. The van der Waals surface area contributed by atoms with Crippen molar-refractivity contribution in [1.82, 2.24) is 0 Å². The van der Waals surface area contributed by atoms with E-state index in [2.05, 4.69) is 19.1 Å². The van der Waals surface area contributed by atoms with Crippen LogP contribution in [0, 0.1) is 0 Å². The molecule has 1 N–H and O–H groups in total. The number of phosphoric ester groups is 1. The third-order valence-corrected chi connectivity index (χ3v) is 5.94. The van der Waals surface area contributed by atoms with E-state index in [1.807, 2.05) is 21.1 Å². The molecule has 0 aliphatic heterocycles. The Bertz CT molecular complexity index is 435. The molecule has 0 radical (unpaired) electrons. The number of allylic oxidation sites excluding steroid dienone is 2. The van der Waals surface area contributed by atoms with Gasteiger partial charge in [-0.2, -0.15) is 0 Å². The van der Waals surface area contributed by atoms with Crippen molar-refractivity contribution in [2.45, 2.75) is 96.8 Å². The first-order chi connectivity index (χ1) is 13.8. The Morgan fingerprint density at radius 3 is 1.69 bits per heavy atom. The highest BCUT2D eigenvalue weighted by Crippen LogP contribution is 2.43. The van der Waals surface area contributed by atoms with Gasteiger partial charge in [-0.1, -0.05) is 83.3 Å². The molecule has 0 heterocycles. The highest BCUT2D eigenvalue weighted by atomic mass is 31.2. The van der Waals surface area contributed by atoms with Gasteiger partial charge in [0.25, 0.3) is 0 Å². The number of rotatable bonds is 21. The third kappa shape index (κ3) is 24.0. The van der Waals surface area contributed by atoms with E-state index in [1.165, 1.54) is 70.6 Å². The summed E-state index contributed by atoms with van der Waals surface area (Å²) in [5.41, 5.74) is 0. The van der Waals surface area contributed by atoms with Crippen molar-refractivity contribution in [3.05, 3.63) is 12.2 Å². The minimum atomic E-state index is -3.90. The average molecular weight is 435 g/mol. The van der Waals surface area contributed by atoms with E-state index in [0.29, 0.717) is 11.0 Å². The van der Waals surface area contributed by atoms with Crippen molar-refractivity contribution >= 4 is 7.82 Å². The summed E-state index contributed by atoms with van der Waals surface area (Å²) in [6, 6.07) is 0. The van der Waals surface area contributed by atoms with Crippen LogP contribution >= 0.6 is 7.82 Å². The molecule has 0 bridgehead atoms. The van der Waals surface area contributed by atoms with Gasteiger partial charge >= 0.3 is 7.82 Å². The quantitative estimate of drug-likeness (QED) is 0.0927. The van der Waals surface area contributed by atoms with Crippen LogP contribution in [-0.4, -0.2) is 50.3 Å². The van der Waals surface area contributed by atoms with E-state index >= 15 is 0 Å². The number of hydrogen-bond donors (Lipinski definition) is 1. The van der Waals surface area contributed by atoms with Crippen molar-refractivity contribution in [1.29, 1.82) is 0 Å². The highest BCUT2D eigenvalue weighted by Gasteiger charge is 2.21. The van der Waals surface area contributed by atoms with E-state index in [0.717, 1.165) is 19.3 Å². The Kier molecular flexibility index (Phi) is 18.4. The van der Waals surface area contributed by atoms with Gasteiger partial charge in [0.15, 0.2) is 0 Å². The molecule has 0 saturated carbocycles. The number of hydrogen-bond acceptors (Lipinski definition) is 3. The van der Waals surface area contributed by atoms with Crippen molar-refractivity contribution in [3.8, 4) is 0 Å². The van der Waals surface area contributed by atoms with E-state index in [-0.39, 0.29) is 13.2 Å². The van der Waals surface area contributed by atoms with Gasteiger partial charge in [0.1, 0.15) is 13.2 Å². The number of nitrogens with zero attached hydrogens (tertiary/aromatic N) is 1. The lowest BCUT2D eigenvalue weighted by molar-refractivity contribution is -0.870. The minimum absolute atomic E-state index is 0.218. The first kappa shape index (κ1) is 28.8. The summed E-state index contributed by atoms with van der Waals surface area (Å²) in [7, 11) is 2.13. The van der Waals surface area contributed by atoms with Gasteiger partial charge < -0.3 is 9.38 Å². The van der Waals surface area contributed by atoms with Crippen LogP contribution in [-0.2, 0) is 13.6 Å². The third-order valence-electron chi connectivity index (χ3n) is 4.93. The summed E-state index contributed by atoms with van der Waals surface area (Å²) in [5.74, 6) is 0. The van der Waals surface area contributed by atoms with Crippen LogP contribution in [0.4, 0.5) is 0 Å². The van der Waals surface area contributed by atoms with Gasteiger partial charge in [-0.25, -0.2) is 4.57 Å². The minimum Gasteiger partial charge on any atom is -0.329 e. The SMILES string of the molecule is CCCCCCCCCCCCCC=CCCCOP(=O)(O)OCC[N+](C)(C)C. The van der Waals surface area contributed by atoms with Crippen molar-refractivity contribution in [2.24, 2.45) is 0 Å². The monoisotopic (exact) mass is 434 g/mol. The largest absolute Gasteiger partial charge is 0.472 e. The second kappa shape index (κ2) is 18.6. The van der Waals surface area contributed by atoms with Crippen molar-refractivity contribution in [3.63, 3.8) is 0 Å². The van der Waals surface area contributed by atoms with Crippen LogP contribution in [0.15, 0.2) is 12.2 Å². The molecule has 0 amide bonds. The van der Waals surface area contributed by atoms with E-state index in [4.69, 9.17) is 9.05 Å². The molecule has 0 rings (SSSR count). The summed E-state index contributed by atoms with van der Waals surface area (Å²) in [6.45, 7) is 3.40. The molecule has 5 nitrogen and oxygen atoms in total. The van der Waals surface area contributed by atoms with Crippen LogP contribution in [0.5, 0.6) is 0 Å². The average Bonchev–Trinajstić information content (AvgIpc) is 2.63. The van der Waals surface area contributed by atoms with E-state index in [1.54, 1.807) is 0 Å². The maximum atomic E-state index is 11.7. The second-order valence-corrected chi connectivity index (χ2v) is 10.5. The summed E-state index contributed by atoms with van der Waals surface area (Å²) >= 11 is 0. The fourth-order valence-electron chi connectivity index (χ4n) is 3.01.